The van der Waals surface area contributed by atoms with Gasteiger partial charge in [-0.25, -0.2) is 4.39 Å². The molecule has 0 saturated carbocycles. The van der Waals surface area contributed by atoms with Crippen molar-refractivity contribution in [3.63, 3.8) is 0 Å². The highest BCUT2D eigenvalue weighted by Crippen LogP contribution is 2.34. The van der Waals surface area contributed by atoms with Crippen LogP contribution in [-0.2, 0) is 11.2 Å². The van der Waals surface area contributed by atoms with E-state index in [-0.39, 0.29) is 43.4 Å². The molecule has 0 aliphatic carbocycles. The summed E-state index contributed by atoms with van der Waals surface area (Å²) in [6.07, 6.45) is 2.35. The van der Waals surface area contributed by atoms with E-state index in [9.17, 15) is 14.0 Å². The summed E-state index contributed by atoms with van der Waals surface area (Å²) in [4.78, 5) is 31.2. The Bertz CT molecular complexity index is 1190. The molecule has 182 valence electrons. The summed E-state index contributed by atoms with van der Waals surface area (Å²) in [5, 5.41) is 2.01. The molecule has 1 aliphatic rings. The number of fused-ring (bicyclic) bond motifs is 1. The van der Waals surface area contributed by atoms with Gasteiger partial charge in [-0.3, -0.25) is 9.59 Å². The van der Waals surface area contributed by atoms with Gasteiger partial charge in [0.15, 0.2) is 0 Å². The summed E-state index contributed by atoms with van der Waals surface area (Å²) in [7, 11) is 1.54. The van der Waals surface area contributed by atoms with Crippen LogP contribution in [0.3, 0.4) is 0 Å². The highest BCUT2D eigenvalue weighted by Gasteiger charge is 2.33. The Balaban J connectivity index is 1.52. The van der Waals surface area contributed by atoms with Crippen LogP contribution >= 0.6 is 11.3 Å². The molecule has 3 aromatic rings. The first-order chi connectivity index (χ1) is 17.0. The van der Waals surface area contributed by atoms with Gasteiger partial charge in [0.1, 0.15) is 30.5 Å². The number of rotatable bonds is 9. The molecular weight excluding hydrogens is 467 g/mol. The Morgan fingerprint density at radius 3 is 2.74 bits per heavy atom. The van der Waals surface area contributed by atoms with Gasteiger partial charge in [-0.1, -0.05) is 12.1 Å². The fourth-order valence-electron chi connectivity index (χ4n) is 4.15. The van der Waals surface area contributed by atoms with E-state index in [1.165, 1.54) is 29.0 Å². The number of thiophene rings is 1. The van der Waals surface area contributed by atoms with Crippen LogP contribution in [0.25, 0.3) is 0 Å². The molecular formula is C27H27FN2O4S. The van der Waals surface area contributed by atoms with Gasteiger partial charge in [-0.15, -0.1) is 17.9 Å². The lowest BCUT2D eigenvalue weighted by molar-refractivity contribution is -0.135. The topological polar surface area (TPSA) is 59.1 Å². The van der Waals surface area contributed by atoms with Crippen molar-refractivity contribution >= 4 is 23.2 Å². The van der Waals surface area contributed by atoms with Crippen molar-refractivity contribution in [3.05, 3.63) is 94.5 Å². The average Bonchev–Trinajstić information content (AvgIpc) is 3.36. The molecule has 0 spiro atoms. The van der Waals surface area contributed by atoms with Gasteiger partial charge in [0.25, 0.3) is 5.91 Å². The third-order valence-electron chi connectivity index (χ3n) is 5.92. The lowest BCUT2D eigenvalue weighted by atomic mass is 10.0. The summed E-state index contributed by atoms with van der Waals surface area (Å²) in [5.74, 6) is 0.314. The van der Waals surface area contributed by atoms with Gasteiger partial charge >= 0.3 is 0 Å². The zero-order valence-corrected chi connectivity index (χ0v) is 20.3. The molecule has 6 nitrogen and oxygen atoms in total. The minimum atomic E-state index is -0.338. The van der Waals surface area contributed by atoms with Crippen molar-refractivity contribution < 1.29 is 23.5 Å². The standard InChI is InChI=1S/C27H27FN2O4S/c1-3-13-29(27(32)19-5-4-6-22(16-19)33-2)17-26(31)30-14-11-25-23(12-15-35-25)24(30)18-34-21-9-7-20(28)8-10-21/h3-10,12,15-16,24H,1,11,13-14,17-18H2,2H3/t24-/m0/s1. The minimum absolute atomic E-state index is 0.0887. The fraction of sp³-hybridized carbons (Fsp3) is 0.259. The molecule has 0 radical (unpaired) electrons. The number of hydrogen-bond acceptors (Lipinski definition) is 5. The molecule has 1 atom stereocenters. The van der Waals surface area contributed by atoms with Crippen LogP contribution < -0.4 is 9.47 Å². The Morgan fingerprint density at radius 2 is 2.00 bits per heavy atom. The van der Waals surface area contributed by atoms with Gasteiger partial charge in [0.2, 0.25) is 5.91 Å². The maximum absolute atomic E-state index is 13.5. The van der Waals surface area contributed by atoms with Crippen molar-refractivity contribution in [1.82, 2.24) is 9.80 Å². The highest BCUT2D eigenvalue weighted by atomic mass is 32.1. The van der Waals surface area contributed by atoms with E-state index in [0.717, 1.165) is 12.0 Å². The monoisotopic (exact) mass is 494 g/mol. The second-order valence-corrected chi connectivity index (χ2v) is 9.12. The van der Waals surface area contributed by atoms with Crippen molar-refractivity contribution in [2.75, 3.05) is 33.4 Å². The number of halogens is 1. The molecule has 1 aliphatic heterocycles. The Hall–Kier alpha value is -3.65. The van der Waals surface area contributed by atoms with Gasteiger partial charge in [-0.2, -0.15) is 0 Å². The lowest BCUT2D eigenvalue weighted by Gasteiger charge is -2.37. The maximum Gasteiger partial charge on any atom is 0.254 e. The second-order valence-electron chi connectivity index (χ2n) is 8.12. The molecule has 2 aromatic carbocycles. The summed E-state index contributed by atoms with van der Waals surface area (Å²) in [5.41, 5.74) is 1.49. The highest BCUT2D eigenvalue weighted by molar-refractivity contribution is 7.10. The number of amides is 2. The van der Waals surface area contributed by atoms with Crippen LogP contribution in [0.2, 0.25) is 0 Å². The largest absolute Gasteiger partial charge is 0.497 e. The predicted molar refractivity (Wildman–Crippen MR) is 133 cm³/mol. The molecule has 0 saturated heterocycles. The van der Waals surface area contributed by atoms with E-state index in [0.29, 0.717) is 23.6 Å². The number of benzene rings is 2. The van der Waals surface area contributed by atoms with E-state index >= 15 is 0 Å². The number of carbonyl (C=O) groups is 2. The van der Waals surface area contributed by atoms with Gasteiger partial charge < -0.3 is 19.3 Å². The second kappa shape index (κ2) is 11.2. The zero-order valence-electron chi connectivity index (χ0n) is 19.5. The number of ether oxygens (including phenoxy) is 2. The Kier molecular flexibility index (Phi) is 7.82. The summed E-state index contributed by atoms with van der Waals surface area (Å²) < 4.78 is 24.4. The minimum Gasteiger partial charge on any atom is -0.497 e. The van der Waals surface area contributed by atoms with E-state index in [4.69, 9.17) is 9.47 Å². The first kappa shape index (κ1) is 24.5. The number of hydrogen-bond donors (Lipinski definition) is 0. The summed E-state index contributed by atoms with van der Waals surface area (Å²) >= 11 is 1.66. The molecule has 35 heavy (non-hydrogen) atoms. The Morgan fingerprint density at radius 1 is 1.20 bits per heavy atom. The van der Waals surface area contributed by atoms with Crippen LogP contribution in [0.1, 0.15) is 26.8 Å². The molecule has 0 N–H and O–H groups in total. The van der Waals surface area contributed by atoms with Crippen molar-refractivity contribution in [1.29, 1.82) is 0 Å². The van der Waals surface area contributed by atoms with E-state index in [1.54, 1.807) is 58.7 Å². The fourth-order valence-corrected chi connectivity index (χ4v) is 5.08. The quantitative estimate of drug-likeness (QED) is 0.404. The third kappa shape index (κ3) is 5.71. The number of methoxy groups -OCH3 is 1. The van der Waals surface area contributed by atoms with Crippen LogP contribution in [0.4, 0.5) is 4.39 Å². The van der Waals surface area contributed by atoms with E-state index < -0.39 is 0 Å². The first-order valence-electron chi connectivity index (χ1n) is 11.3. The molecule has 4 rings (SSSR count). The molecule has 0 fully saturated rings. The average molecular weight is 495 g/mol. The maximum atomic E-state index is 13.5. The normalized spacial score (nSPS) is 14.7. The molecule has 8 heteroatoms. The van der Waals surface area contributed by atoms with Crippen molar-refractivity contribution in [2.45, 2.75) is 12.5 Å². The Labute approximate surface area is 208 Å². The van der Waals surface area contributed by atoms with Crippen molar-refractivity contribution in [2.24, 2.45) is 0 Å². The predicted octanol–water partition coefficient (Wildman–Crippen LogP) is 4.73. The zero-order chi connectivity index (χ0) is 24.8. The molecule has 0 unspecified atom stereocenters. The van der Waals surface area contributed by atoms with Gasteiger partial charge in [0, 0.05) is 23.5 Å². The molecule has 2 heterocycles. The van der Waals surface area contributed by atoms with Gasteiger partial charge in [-0.05, 0) is 65.9 Å². The van der Waals surface area contributed by atoms with Crippen LogP contribution in [0.5, 0.6) is 11.5 Å². The molecule has 2 amide bonds. The molecule has 0 bridgehead atoms. The third-order valence-corrected chi connectivity index (χ3v) is 6.91. The number of carbonyl (C=O) groups excluding carboxylic acids is 2. The van der Waals surface area contributed by atoms with Crippen LogP contribution in [0, 0.1) is 5.82 Å². The first-order valence-corrected chi connectivity index (χ1v) is 12.2. The van der Waals surface area contributed by atoms with Crippen LogP contribution in [-0.4, -0.2) is 55.0 Å². The SMILES string of the molecule is C=CCN(CC(=O)N1CCc2sccc2[C@@H]1COc1ccc(F)cc1)C(=O)c1cccc(OC)c1. The van der Waals surface area contributed by atoms with Crippen LogP contribution in [0.15, 0.2) is 72.6 Å². The molecule has 1 aromatic heterocycles. The smallest absolute Gasteiger partial charge is 0.254 e. The van der Waals surface area contributed by atoms with E-state index in [2.05, 4.69) is 6.58 Å². The van der Waals surface area contributed by atoms with Crippen molar-refractivity contribution in [3.8, 4) is 11.5 Å². The summed E-state index contributed by atoms with van der Waals surface area (Å²) in [6, 6.07) is 14.4. The van der Waals surface area contributed by atoms with E-state index in [1.807, 2.05) is 11.4 Å². The van der Waals surface area contributed by atoms with Gasteiger partial charge in [0.05, 0.1) is 13.2 Å². The summed E-state index contributed by atoms with van der Waals surface area (Å²) in [6.45, 7) is 4.65. The lowest BCUT2D eigenvalue weighted by Crippen LogP contribution is -2.47. The number of nitrogens with zero attached hydrogens (tertiary/aromatic N) is 2.